The Bertz CT molecular complexity index is 412. The number of rotatable bonds is 3. The molecule has 2 nitrogen and oxygen atoms in total. The smallest absolute Gasteiger partial charge is 0.392 e. The topological polar surface area (TPSA) is 33.0 Å². The minimum atomic E-state index is -4.22. The third-order valence-electron chi connectivity index (χ3n) is 1.70. The van der Waals surface area contributed by atoms with E-state index in [0.29, 0.717) is 15.8 Å². The van der Waals surface area contributed by atoms with Gasteiger partial charge in [-0.05, 0) is 34.1 Å². The maximum atomic E-state index is 11.8. The Hall–Kier alpha value is -1.22. The van der Waals surface area contributed by atoms with Crippen LogP contribution in [-0.4, -0.2) is 12.8 Å². The first-order valence-electron chi connectivity index (χ1n) is 4.31. The molecule has 1 aromatic carbocycles. The molecule has 0 bridgehead atoms. The van der Waals surface area contributed by atoms with E-state index in [1.165, 1.54) is 18.2 Å². The van der Waals surface area contributed by atoms with Gasteiger partial charge in [0.15, 0.2) is 0 Å². The van der Waals surface area contributed by atoms with Gasteiger partial charge in [0.2, 0.25) is 0 Å². The van der Waals surface area contributed by atoms with Crippen molar-refractivity contribution in [2.24, 2.45) is 0 Å². The lowest BCUT2D eigenvalue weighted by Crippen LogP contribution is -2.13. The van der Waals surface area contributed by atoms with Crippen molar-refractivity contribution in [1.29, 1.82) is 5.26 Å². The summed E-state index contributed by atoms with van der Waals surface area (Å²) >= 11 is 3.11. The molecule has 0 N–H and O–H groups in total. The Morgan fingerprint density at radius 3 is 2.56 bits per heavy atom. The number of halogens is 4. The predicted octanol–water partition coefficient (Wildman–Crippen LogP) is 3.65. The summed E-state index contributed by atoms with van der Waals surface area (Å²) in [4.78, 5) is 0. The standard InChI is InChI=1S/C10H7BrF3NO/c11-8-5-7(6-15)1-2-9(8)16-4-3-10(12,13)14/h1-2,5H,3-4H2. The van der Waals surface area contributed by atoms with Crippen molar-refractivity contribution in [3.8, 4) is 11.8 Å². The molecule has 0 radical (unpaired) electrons. The second-order valence-electron chi connectivity index (χ2n) is 2.97. The lowest BCUT2D eigenvalue weighted by Gasteiger charge is -2.09. The highest BCUT2D eigenvalue weighted by atomic mass is 79.9. The normalized spacial score (nSPS) is 10.9. The van der Waals surface area contributed by atoms with Gasteiger partial charge in [-0.1, -0.05) is 0 Å². The Kier molecular flexibility index (Phi) is 4.19. The zero-order valence-corrected chi connectivity index (χ0v) is 9.60. The summed E-state index contributed by atoms with van der Waals surface area (Å²) in [7, 11) is 0. The summed E-state index contributed by atoms with van der Waals surface area (Å²) in [6, 6.07) is 6.34. The molecule has 0 fully saturated rings. The summed E-state index contributed by atoms with van der Waals surface area (Å²) in [5.41, 5.74) is 0.412. The van der Waals surface area contributed by atoms with Gasteiger partial charge in [-0.15, -0.1) is 0 Å². The summed E-state index contributed by atoms with van der Waals surface area (Å²) in [5.74, 6) is 0.295. The SMILES string of the molecule is N#Cc1ccc(OCCC(F)(F)F)c(Br)c1. The molecule has 0 atom stereocenters. The van der Waals surface area contributed by atoms with Crippen molar-refractivity contribution >= 4 is 15.9 Å². The highest BCUT2D eigenvalue weighted by Gasteiger charge is 2.26. The van der Waals surface area contributed by atoms with E-state index in [1.807, 2.05) is 6.07 Å². The molecule has 0 saturated heterocycles. The van der Waals surface area contributed by atoms with Crippen LogP contribution in [0.2, 0.25) is 0 Å². The number of ether oxygens (including phenoxy) is 1. The van der Waals surface area contributed by atoms with E-state index in [-0.39, 0.29) is 0 Å². The fourth-order valence-corrected chi connectivity index (χ4v) is 1.46. The lowest BCUT2D eigenvalue weighted by molar-refractivity contribution is -0.139. The zero-order chi connectivity index (χ0) is 12.2. The first-order chi connectivity index (χ1) is 7.42. The van der Waals surface area contributed by atoms with Gasteiger partial charge in [-0.2, -0.15) is 18.4 Å². The van der Waals surface area contributed by atoms with E-state index in [1.54, 1.807) is 0 Å². The number of alkyl halides is 3. The third-order valence-corrected chi connectivity index (χ3v) is 2.32. The van der Waals surface area contributed by atoms with Crippen LogP contribution in [0, 0.1) is 11.3 Å². The second-order valence-corrected chi connectivity index (χ2v) is 3.82. The van der Waals surface area contributed by atoms with E-state index in [4.69, 9.17) is 10.00 Å². The molecule has 0 aliphatic heterocycles. The minimum absolute atomic E-state index is 0.295. The molecule has 0 aromatic heterocycles. The fraction of sp³-hybridized carbons (Fsp3) is 0.300. The second kappa shape index (κ2) is 5.21. The van der Waals surface area contributed by atoms with E-state index in [0.717, 1.165) is 0 Å². The molecule has 16 heavy (non-hydrogen) atoms. The number of benzene rings is 1. The first-order valence-corrected chi connectivity index (χ1v) is 5.11. The molecule has 0 unspecified atom stereocenters. The fourth-order valence-electron chi connectivity index (χ4n) is 0.964. The van der Waals surface area contributed by atoms with Crippen molar-refractivity contribution in [3.05, 3.63) is 28.2 Å². The van der Waals surface area contributed by atoms with E-state index >= 15 is 0 Å². The van der Waals surface area contributed by atoms with Gasteiger partial charge in [-0.25, -0.2) is 0 Å². The highest BCUT2D eigenvalue weighted by Crippen LogP contribution is 2.27. The minimum Gasteiger partial charge on any atom is -0.492 e. The summed E-state index contributed by atoms with van der Waals surface area (Å²) in [6.45, 7) is -0.437. The number of nitrogens with zero attached hydrogens (tertiary/aromatic N) is 1. The van der Waals surface area contributed by atoms with Gasteiger partial charge in [0.05, 0.1) is 29.1 Å². The van der Waals surface area contributed by atoms with Crippen LogP contribution in [0.1, 0.15) is 12.0 Å². The first kappa shape index (κ1) is 12.8. The quantitative estimate of drug-likeness (QED) is 0.852. The molecular formula is C10H7BrF3NO. The zero-order valence-electron chi connectivity index (χ0n) is 8.01. The van der Waals surface area contributed by atoms with Gasteiger partial charge in [0.25, 0.3) is 0 Å². The van der Waals surface area contributed by atoms with Gasteiger partial charge in [-0.3, -0.25) is 0 Å². The van der Waals surface area contributed by atoms with Crippen LogP contribution in [-0.2, 0) is 0 Å². The average Bonchev–Trinajstić information content (AvgIpc) is 2.18. The number of nitriles is 1. The summed E-state index contributed by atoms with van der Waals surface area (Å²) in [6.07, 6.45) is -5.22. The highest BCUT2D eigenvalue weighted by molar-refractivity contribution is 9.10. The number of hydrogen-bond acceptors (Lipinski definition) is 2. The molecule has 0 saturated carbocycles. The van der Waals surface area contributed by atoms with Gasteiger partial charge < -0.3 is 4.74 Å². The molecule has 0 amide bonds. The molecule has 6 heteroatoms. The Morgan fingerprint density at radius 2 is 2.06 bits per heavy atom. The van der Waals surface area contributed by atoms with Crippen molar-refractivity contribution in [3.63, 3.8) is 0 Å². The van der Waals surface area contributed by atoms with Crippen LogP contribution in [0.15, 0.2) is 22.7 Å². The van der Waals surface area contributed by atoms with Crippen LogP contribution in [0.3, 0.4) is 0 Å². The molecule has 0 aliphatic rings. The van der Waals surface area contributed by atoms with Crippen molar-refractivity contribution in [1.82, 2.24) is 0 Å². The Balaban J connectivity index is 2.59. The van der Waals surface area contributed by atoms with Crippen molar-refractivity contribution in [2.75, 3.05) is 6.61 Å². The van der Waals surface area contributed by atoms with Crippen molar-refractivity contribution < 1.29 is 17.9 Å². The van der Waals surface area contributed by atoms with E-state index in [9.17, 15) is 13.2 Å². The van der Waals surface area contributed by atoms with Crippen LogP contribution in [0.4, 0.5) is 13.2 Å². The molecule has 1 aromatic rings. The Labute approximate surface area is 98.8 Å². The maximum Gasteiger partial charge on any atom is 0.392 e. The number of hydrogen-bond donors (Lipinski definition) is 0. The van der Waals surface area contributed by atoms with Crippen LogP contribution in [0.5, 0.6) is 5.75 Å². The lowest BCUT2D eigenvalue weighted by atomic mass is 10.2. The molecule has 0 aliphatic carbocycles. The predicted molar refractivity (Wildman–Crippen MR) is 55.0 cm³/mol. The molecule has 0 spiro atoms. The maximum absolute atomic E-state index is 11.8. The van der Waals surface area contributed by atoms with Crippen LogP contribution < -0.4 is 4.74 Å². The van der Waals surface area contributed by atoms with Gasteiger partial charge >= 0.3 is 6.18 Å². The summed E-state index contributed by atoms with van der Waals surface area (Å²) in [5, 5.41) is 8.58. The molecule has 1 rings (SSSR count). The monoisotopic (exact) mass is 293 g/mol. The van der Waals surface area contributed by atoms with Gasteiger partial charge in [0.1, 0.15) is 5.75 Å². The molecule has 0 heterocycles. The van der Waals surface area contributed by atoms with Crippen molar-refractivity contribution in [2.45, 2.75) is 12.6 Å². The average molecular weight is 294 g/mol. The van der Waals surface area contributed by atoms with Gasteiger partial charge in [0, 0.05) is 0 Å². The van der Waals surface area contributed by atoms with Crippen LogP contribution in [0.25, 0.3) is 0 Å². The molecular weight excluding hydrogens is 287 g/mol. The third kappa shape index (κ3) is 4.11. The summed E-state index contributed by atoms with van der Waals surface area (Å²) < 4.78 is 40.9. The largest absolute Gasteiger partial charge is 0.492 e. The van der Waals surface area contributed by atoms with Crippen LogP contribution >= 0.6 is 15.9 Å². The van der Waals surface area contributed by atoms with E-state index in [2.05, 4.69) is 15.9 Å². The van der Waals surface area contributed by atoms with E-state index < -0.39 is 19.2 Å². The Morgan fingerprint density at radius 1 is 1.38 bits per heavy atom. The molecule has 86 valence electrons.